The summed E-state index contributed by atoms with van der Waals surface area (Å²) in [6, 6.07) is 18.0. The van der Waals surface area contributed by atoms with E-state index in [0.717, 1.165) is 52.6 Å². The van der Waals surface area contributed by atoms with Crippen LogP contribution in [-0.4, -0.2) is 41.7 Å². The predicted octanol–water partition coefficient (Wildman–Crippen LogP) is 5.86. The van der Waals surface area contributed by atoms with Gasteiger partial charge in [0.05, 0.1) is 17.6 Å². The Morgan fingerprint density at radius 3 is 2.61 bits per heavy atom. The maximum atomic E-state index is 14.7. The number of halogens is 2. The summed E-state index contributed by atoms with van der Waals surface area (Å²) >= 11 is 3.73. The molecule has 6 heteroatoms. The van der Waals surface area contributed by atoms with Crippen LogP contribution in [0.2, 0.25) is 0 Å². The second kappa shape index (κ2) is 9.96. The van der Waals surface area contributed by atoms with Crippen LogP contribution in [0.15, 0.2) is 59.2 Å². The lowest BCUT2D eigenvalue weighted by Crippen LogP contribution is -2.36. The van der Waals surface area contributed by atoms with Gasteiger partial charge in [-0.25, -0.2) is 4.39 Å². The maximum absolute atomic E-state index is 14.7. The fraction of sp³-hybridized carbons (Fsp3) is 0.400. The van der Waals surface area contributed by atoms with E-state index in [1.165, 1.54) is 0 Å². The first kappa shape index (κ1) is 22.0. The molecule has 0 bridgehead atoms. The van der Waals surface area contributed by atoms with Crippen LogP contribution in [-0.2, 0) is 16.0 Å². The van der Waals surface area contributed by atoms with Gasteiger partial charge in [-0.05, 0) is 59.0 Å². The van der Waals surface area contributed by atoms with Crippen LogP contribution in [0.4, 0.5) is 4.39 Å². The normalized spacial score (nSPS) is 16.5. The number of benzene rings is 2. The van der Waals surface area contributed by atoms with Crippen LogP contribution in [0.5, 0.6) is 0 Å². The third-order valence-electron chi connectivity index (χ3n) is 6.01. The van der Waals surface area contributed by atoms with E-state index in [4.69, 9.17) is 4.74 Å². The monoisotopic (exact) mass is 486 g/mol. The summed E-state index contributed by atoms with van der Waals surface area (Å²) in [6.07, 6.45) is 1.25. The first-order chi connectivity index (χ1) is 15.0. The van der Waals surface area contributed by atoms with E-state index in [-0.39, 0.29) is 12.4 Å². The molecule has 1 aromatic heterocycles. The quantitative estimate of drug-likeness (QED) is 0.392. The highest BCUT2D eigenvalue weighted by Gasteiger charge is 2.25. The van der Waals surface area contributed by atoms with Crippen molar-refractivity contribution in [3.63, 3.8) is 0 Å². The van der Waals surface area contributed by atoms with Gasteiger partial charge >= 0.3 is 5.97 Å². The van der Waals surface area contributed by atoms with Gasteiger partial charge in [-0.2, -0.15) is 0 Å². The molecule has 1 aliphatic heterocycles. The first-order valence-corrected chi connectivity index (χ1v) is 11.7. The molecular weight excluding hydrogens is 459 g/mol. The Kier molecular flexibility index (Phi) is 7.08. The second-order valence-corrected chi connectivity index (χ2v) is 8.93. The van der Waals surface area contributed by atoms with Gasteiger partial charge in [0.1, 0.15) is 6.17 Å². The zero-order valence-corrected chi connectivity index (χ0v) is 19.4. The van der Waals surface area contributed by atoms with Crippen LogP contribution in [0, 0.1) is 0 Å². The third kappa shape index (κ3) is 5.18. The number of carbonyl (C=O) groups is 1. The SMILES string of the molecule is CCOC(=O)Cc1ccc2cc(Br)n(C3CCN(CC(F)c4ccccc4)CC3)c2c1. The topological polar surface area (TPSA) is 34.5 Å². The molecule has 1 fully saturated rings. The van der Waals surface area contributed by atoms with Gasteiger partial charge in [0.2, 0.25) is 0 Å². The van der Waals surface area contributed by atoms with E-state index in [1.807, 2.05) is 43.3 Å². The first-order valence-electron chi connectivity index (χ1n) is 10.9. The van der Waals surface area contributed by atoms with Gasteiger partial charge in [-0.1, -0.05) is 42.5 Å². The number of hydrogen-bond acceptors (Lipinski definition) is 3. The highest BCUT2D eigenvalue weighted by atomic mass is 79.9. The van der Waals surface area contributed by atoms with Gasteiger partial charge in [0.15, 0.2) is 0 Å². The van der Waals surface area contributed by atoms with Crippen LogP contribution in [0.25, 0.3) is 10.9 Å². The van der Waals surface area contributed by atoms with Gasteiger partial charge in [-0.3, -0.25) is 9.69 Å². The number of fused-ring (bicyclic) bond motifs is 1. The number of piperidine rings is 1. The minimum atomic E-state index is -0.956. The average Bonchev–Trinajstić information content (AvgIpc) is 3.10. The minimum absolute atomic E-state index is 0.202. The van der Waals surface area contributed by atoms with Crippen molar-refractivity contribution in [2.24, 2.45) is 0 Å². The molecule has 4 rings (SSSR count). The maximum Gasteiger partial charge on any atom is 0.310 e. The number of esters is 1. The van der Waals surface area contributed by atoms with Gasteiger partial charge in [-0.15, -0.1) is 0 Å². The molecule has 0 amide bonds. The standard InChI is InChI=1S/C25H28BrFN2O2/c1-2-31-25(30)15-18-8-9-20-16-24(26)29(23(20)14-18)21-10-12-28(13-11-21)17-22(27)19-6-4-3-5-7-19/h3-9,14,16,21-22H,2,10-13,15,17H2,1H3. The molecule has 0 saturated carbocycles. The van der Waals surface area contributed by atoms with Gasteiger partial charge in [0, 0.05) is 36.6 Å². The predicted molar refractivity (Wildman–Crippen MR) is 125 cm³/mol. The Morgan fingerprint density at radius 1 is 1.16 bits per heavy atom. The molecular formula is C25H28BrFN2O2. The van der Waals surface area contributed by atoms with E-state index in [1.54, 1.807) is 0 Å². The molecule has 164 valence electrons. The van der Waals surface area contributed by atoms with Crippen LogP contribution in [0.3, 0.4) is 0 Å². The molecule has 2 aromatic carbocycles. The minimum Gasteiger partial charge on any atom is -0.466 e. The number of alkyl halides is 1. The van der Waals surface area contributed by atoms with Crippen molar-refractivity contribution in [3.05, 3.63) is 70.3 Å². The molecule has 1 atom stereocenters. The van der Waals surface area contributed by atoms with Crippen molar-refractivity contribution < 1.29 is 13.9 Å². The smallest absolute Gasteiger partial charge is 0.310 e. The molecule has 1 saturated heterocycles. The summed E-state index contributed by atoms with van der Waals surface area (Å²) < 4.78 is 23.1. The number of aromatic nitrogens is 1. The lowest BCUT2D eigenvalue weighted by atomic mass is 10.0. The number of hydrogen-bond donors (Lipinski definition) is 0. The van der Waals surface area contributed by atoms with E-state index < -0.39 is 6.17 Å². The molecule has 3 aromatic rings. The fourth-order valence-corrected chi connectivity index (χ4v) is 5.17. The number of ether oxygens (including phenoxy) is 1. The Balaban J connectivity index is 1.44. The van der Waals surface area contributed by atoms with Crippen molar-refractivity contribution in [3.8, 4) is 0 Å². The van der Waals surface area contributed by atoms with Crippen molar-refractivity contribution in [2.75, 3.05) is 26.2 Å². The van der Waals surface area contributed by atoms with Gasteiger partial charge < -0.3 is 9.30 Å². The summed E-state index contributed by atoms with van der Waals surface area (Å²) in [4.78, 5) is 14.1. The lowest BCUT2D eigenvalue weighted by molar-refractivity contribution is -0.142. The van der Waals surface area contributed by atoms with Crippen molar-refractivity contribution in [1.82, 2.24) is 9.47 Å². The Labute approximate surface area is 191 Å². The second-order valence-electron chi connectivity index (χ2n) is 8.12. The average molecular weight is 487 g/mol. The van der Waals surface area contributed by atoms with Crippen LogP contribution >= 0.6 is 15.9 Å². The number of rotatable bonds is 7. The van der Waals surface area contributed by atoms with E-state index in [0.29, 0.717) is 19.2 Å². The zero-order valence-electron chi connectivity index (χ0n) is 17.8. The number of likely N-dealkylation sites (tertiary alicyclic amines) is 1. The summed E-state index contributed by atoms with van der Waals surface area (Å²) in [6.45, 7) is 4.39. The summed E-state index contributed by atoms with van der Waals surface area (Å²) in [5.41, 5.74) is 2.83. The molecule has 0 aliphatic carbocycles. The number of nitrogens with zero attached hydrogens (tertiary/aromatic N) is 2. The lowest BCUT2D eigenvalue weighted by Gasteiger charge is -2.34. The molecule has 0 radical (unpaired) electrons. The zero-order chi connectivity index (χ0) is 21.8. The van der Waals surface area contributed by atoms with Crippen LogP contribution in [0.1, 0.15) is 43.1 Å². The molecule has 4 nitrogen and oxygen atoms in total. The molecule has 31 heavy (non-hydrogen) atoms. The number of carbonyl (C=O) groups excluding carboxylic acids is 1. The molecule has 1 unspecified atom stereocenters. The fourth-order valence-electron chi connectivity index (χ4n) is 4.45. The van der Waals surface area contributed by atoms with Crippen molar-refractivity contribution in [1.29, 1.82) is 0 Å². The highest BCUT2D eigenvalue weighted by Crippen LogP contribution is 2.34. The Bertz CT molecular complexity index is 1030. The van der Waals surface area contributed by atoms with Crippen LogP contribution < -0.4 is 0 Å². The Morgan fingerprint density at radius 2 is 1.90 bits per heavy atom. The summed E-state index contributed by atoms with van der Waals surface area (Å²) in [5.74, 6) is -0.202. The molecule has 2 heterocycles. The van der Waals surface area contributed by atoms with Crippen molar-refractivity contribution >= 4 is 32.8 Å². The third-order valence-corrected chi connectivity index (χ3v) is 6.63. The van der Waals surface area contributed by atoms with E-state index in [2.05, 4.69) is 43.6 Å². The van der Waals surface area contributed by atoms with E-state index in [9.17, 15) is 9.18 Å². The van der Waals surface area contributed by atoms with E-state index >= 15 is 0 Å². The van der Waals surface area contributed by atoms with Crippen molar-refractivity contribution in [2.45, 2.75) is 38.4 Å². The summed E-state index contributed by atoms with van der Waals surface area (Å²) in [5, 5.41) is 1.15. The summed E-state index contributed by atoms with van der Waals surface area (Å²) in [7, 11) is 0. The molecule has 1 aliphatic rings. The largest absolute Gasteiger partial charge is 0.466 e. The Hall–Kier alpha value is -2.18. The highest BCUT2D eigenvalue weighted by molar-refractivity contribution is 9.10. The molecule has 0 spiro atoms. The van der Waals surface area contributed by atoms with Gasteiger partial charge in [0.25, 0.3) is 0 Å². The molecule has 0 N–H and O–H groups in total.